The van der Waals surface area contributed by atoms with Gasteiger partial charge in [-0.25, -0.2) is 18.6 Å². The molecule has 0 aromatic carbocycles. The summed E-state index contributed by atoms with van der Waals surface area (Å²) in [5.41, 5.74) is -2.12. The number of halogens is 3. The monoisotopic (exact) mass is 324 g/mol. The Morgan fingerprint density at radius 2 is 2.28 bits per heavy atom. The van der Waals surface area contributed by atoms with Gasteiger partial charge < -0.3 is 4.74 Å². The van der Waals surface area contributed by atoms with Crippen molar-refractivity contribution >= 4 is 27.6 Å². The minimum Gasteiger partial charge on any atom is -0.461 e. The van der Waals surface area contributed by atoms with E-state index < -0.39 is 38.7 Å². The second-order valence-electron chi connectivity index (χ2n) is 3.00. The van der Waals surface area contributed by atoms with Crippen molar-refractivity contribution in [2.75, 3.05) is 6.61 Å². The van der Waals surface area contributed by atoms with Crippen LogP contribution in [0.15, 0.2) is 10.7 Å². The van der Waals surface area contributed by atoms with E-state index in [0.717, 1.165) is 6.20 Å². The van der Waals surface area contributed by atoms with Crippen molar-refractivity contribution in [2.24, 2.45) is 0 Å². The van der Waals surface area contributed by atoms with E-state index in [4.69, 9.17) is 0 Å². The van der Waals surface area contributed by atoms with Crippen molar-refractivity contribution in [1.82, 2.24) is 4.98 Å². The number of pyridine rings is 1. The van der Waals surface area contributed by atoms with Crippen LogP contribution >= 0.6 is 15.9 Å². The first kappa shape index (κ1) is 14.4. The fourth-order valence-corrected chi connectivity index (χ4v) is 1.79. The summed E-state index contributed by atoms with van der Waals surface area (Å²) in [4.78, 5) is 24.5. The Hall–Kier alpha value is -1.64. The van der Waals surface area contributed by atoms with Crippen molar-refractivity contribution in [2.45, 2.75) is 13.3 Å². The van der Waals surface area contributed by atoms with Gasteiger partial charge in [0, 0.05) is 0 Å². The summed E-state index contributed by atoms with van der Waals surface area (Å²) < 4.78 is 29.7. The van der Waals surface area contributed by atoms with Crippen molar-refractivity contribution < 1.29 is 23.2 Å². The Bertz CT molecular complexity index is 496. The quantitative estimate of drug-likeness (QED) is 0.483. The largest absolute Gasteiger partial charge is 0.461 e. The summed E-state index contributed by atoms with van der Waals surface area (Å²) in [6.45, 7) is 1.48. The van der Waals surface area contributed by atoms with Crippen LogP contribution in [0.2, 0.25) is 0 Å². The fourth-order valence-electron chi connectivity index (χ4n) is 1.18. The standard InChI is InChI=1S/C9H7BrF2N2O4/c1-2-18-9(15)7-5(8(11)12)6(10)4(3-13-7)14(16)17/h3,8H,2H2,1H3. The summed E-state index contributed by atoms with van der Waals surface area (Å²) in [5.74, 6) is -1.05. The van der Waals surface area contributed by atoms with E-state index in [2.05, 4.69) is 25.7 Å². The number of carbonyl (C=O) groups is 1. The van der Waals surface area contributed by atoms with Gasteiger partial charge in [-0.1, -0.05) is 0 Å². The lowest BCUT2D eigenvalue weighted by molar-refractivity contribution is -0.386. The molecule has 6 nitrogen and oxygen atoms in total. The zero-order valence-electron chi connectivity index (χ0n) is 9.02. The van der Waals surface area contributed by atoms with Gasteiger partial charge in [0.1, 0.15) is 10.7 Å². The lowest BCUT2D eigenvalue weighted by Gasteiger charge is -2.09. The molecule has 0 aliphatic heterocycles. The average Bonchev–Trinajstić information content (AvgIpc) is 2.27. The van der Waals surface area contributed by atoms with Crippen LogP contribution in [-0.2, 0) is 4.74 Å². The molecule has 0 fully saturated rings. The van der Waals surface area contributed by atoms with Crippen LogP contribution in [-0.4, -0.2) is 22.5 Å². The van der Waals surface area contributed by atoms with Crippen LogP contribution in [0.1, 0.15) is 29.4 Å². The third-order valence-corrected chi connectivity index (χ3v) is 2.75. The summed E-state index contributed by atoms with van der Waals surface area (Å²) in [6, 6.07) is 0. The zero-order valence-corrected chi connectivity index (χ0v) is 10.6. The number of alkyl halides is 2. The van der Waals surface area contributed by atoms with Crippen LogP contribution in [0.5, 0.6) is 0 Å². The molecule has 0 saturated heterocycles. The number of carbonyl (C=O) groups excluding carboxylic acids is 1. The Kier molecular flexibility index (Phi) is 4.65. The van der Waals surface area contributed by atoms with Crippen LogP contribution in [0.4, 0.5) is 14.5 Å². The van der Waals surface area contributed by atoms with Crippen LogP contribution in [0.25, 0.3) is 0 Å². The highest BCUT2D eigenvalue weighted by molar-refractivity contribution is 9.10. The van der Waals surface area contributed by atoms with E-state index in [1.165, 1.54) is 6.92 Å². The number of nitrogens with zero attached hydrogens (tertiary/aromatic N) is 2. The number of nitro groups is 1. The molecule has 0 N–H and O–H groups in total. The van der Waals surface area contributed by atoms with E-state index >= 15 is 0 Å². The molecule has 0 aliphatic rings. The van der Waals surface area contributed by atoms with Crippen molar-refractivity contribution in [3.05, 3.63) is 32.0 Å². The van der Waals surface area contributed by atoms with Crippen LogP contribution < -0.4 is 0 Å². The predicted octanol–water partition coefficient (Wildman–Crippen LogP) is 2.87. The Morgan fingerprint density at radius 1 is 1.67 bits per heavy atom. The van der Waals surface area contributed by atoms with E-state index in [-0.39, 0.29) is 6.61 Å². The van der Waals surface area contributed by atoms with Crippen molar-refractivity contribution in [1.29, 1.82) is 0 Å². The summed E-state index contributed by atoms with van der Waals surface area (Å²) >= 11 is 2.68. The number of esters is 1. The van der Waals surface area contributed by atoms with Gasteiger partial charge in [0.15, 0.2) is 5.69 Å². The minimum atomic E-state index is -3.09. The lowest BCUT2D eigenvalue weighted by Crippen LogP contribution is -2.12. The lowest BCUT2D eigenvalue weighted by atomic mass is 10.2. The molecule has 9 heteroatoms. The average molecular weight is 325 g/mol. The Balaban J connectivity index is 3.41. The van der Waals surface area contributed by atoms with E-state index in [1.54, 1.807) is 0 Å². The number of aromatic nitrogens is 1. The topological polar surface area (TPSA) is 82.3 Å². The molecule has 1 heterocycles. The number of hydrogen-bond acceptors (Lipinski definition) is 5. The highest BCUT2D eigenvalue weighted by Gasteiger charge is 2.29. The maximum absolute atomic E-state index is 12.8. The van der Waals surface area contributed by atoms with Gasteiger partial charge >= 0.3 is 11.7 Å². The Labute approximate surface area is 108 Å². The molecule has 0 unspecified atom stereocenters. The first-order valence-corrected chi connectivity index (χ1v) is 5.47. The van der Waals surface area contributed by atoms with E-state index in [1.807, 2.05) is 0 Å². The zero-order chi connectivity index (χ0) is 13.9. The number of hydrogen-bond donors (Lipinski definition) is 0. The first-order valence-electron chi connectivity index (χ1n) is 4.68. The molecule has 0 aliphatic carbocycles. The third kappa shape index (κ3) is 2.78. The minimum absolute atomic E-state index is 0.0161. The molecule has 0 radical (unpaired) electrons. The normalized spacial score (nSPS) is 10.5. The highest BCUT2D eigenvalue weighted by Crippen LogP contribution is 2.36. The van der Waals surface area contributed by atoms with E-state index in [0.29, 0.717) is 0 Å². The Morgan fingerprint density at radius 3 is 2.72 bits per heavy atom. The molecule has 0 spiro atoms. The molecule has 1 aromatic heterocycles. The number of ether oxygens (including phenoxy) is 1. The van der Waals surface area contributed by atoms with Crippen molar-refractivity contribution in [3.63, 3.8) is 0 Å². The molecule has 1 aromatic rings. The van der Waals surface area contributed by atoms with Gasteiger partial charge in [0.2, 0.25) is 0 Å². The molecule has 18 heavy (non-hydrogen) atoms. The summed E-state index contributed by atoms with van der Waals surface area (Å²) in [5, 5.41) is 10.6. The second kappa shape index (κ2) is 5.80. The van der Waals surface area contributed by atoms with Crippen molar-refractivity contribution in [3.8, 4) is 0 Å². The first-order chi connectivity index (χ1) is 8.40. The van der Waals surface area contributed by atoms with E-state index in [9.17, 15) is 23.7 Å². The maximum atomic E-state index is 12.8. The van der Waals surface area contributed by atoms with Gasteiger partial charge in [-0.3, -0.25) is 10.1 Å². The molecular formula is C9H7BrF2N2O4. The molecule has 0 atom stereocenters. The smallest absolute Gasteiger partial charge is 0.357 e. The predicted molar refractivity (Wildman–Crippen MR) is 59.5 cm³/mol. The van der Waals surface area contributed by atoms with Gasteiger partial charge in [-0.2, -0.15) is 0 Å². The molecular weight excluding hydrogens is 318 g/mol. The molecule has 98 valence electrons. The fraction of sp³-hybridized carbons (Fsp3) is 0.333. The van der Waals surface area contributed by atoms with Crippen LogP contribution in [0, 0.1) is 10.1 Å². The third-order valence-electron chi connectivity index (χ3n) is 1.92. The number of rotatable bonds is 4. The SMILES string of the molecule is CCOC(=O)c1ncc([N+](=O)[O-])c(Br)c1C(F)F. The molecule has 0 amide bonds. The van der Waals surface area contributed by atoms with Gasteiger partial charge in [-0.15, -0.1) is 0 Å². The van der Waals surface area contributed by atoms with Crippen LogP contribution in [0.3, 0.4) is 0 Å². The highest BCUT2D eigenvalue weighted by atomic mass is 79.9. The van der Waals surface area contributed by atoms with Gasteiger partial charge in [-0.05, 0) is 22.9 Å². The second-order valence-corrected chi connectivity index (χ2v) is 3.79. The molecule has 0 bridgehead atoms. The maximum Gasteiger partial charge on any atom is 0.357 e. The summed E-state index contributed by atoms with van der Waals surface area (Å²) in [7, 11) is 0. The molecule has 0 saturated carbocycles. The molecule has 1 rings (SSSR count). The van der Waals surface area contributed by atoms with Gasteiger partial charge in [0.05, 0.1) is 17.1 Å². The van der Waals surface area contributed by atoms with Gasteiger partial charge in [0.25, 0.3) is 6.43 Å². The summed E-state index contributed by atoms with van der Waals surface area (Å²) in [6.07, 6.45) is -2.37.